The molecule has 0 heterocycles. The van der Waals surface area contributed by atoms with Crippen molar-refractivity contribution >= 4 is 5.91 Å². The van der Waals surface area contributed by atoms with Crippen molar-refractivity contribution in [1.29, 1.82) is 0 Å². The maximum atomic E-state index is 11.4. The van der Waals surface area contributed by atoms with Crippen LogP contribution in [0.15, 0.2) is 0 Å². The first kappa shape index (κ1) is 12.4. The molecule has 4 heteroatoms. The number of nitrogens with two attached hydrogens (primary N) is 1. The van der Waals surface area contributed by atoms with Gasteiger partial charge in [-0.15, -0.1) is 0 Å². The minimum Gasteiger partial charge on any atom is -0.395 e. The molecule has 0 saturated heterocycles. The van der Waals surface area contributed by atoms with E-state index in [4.69, 9.17) is 10.8 Å². The topological polar surface area (TPSA) is 66.6 Å². The zero-order chi connectivity index (χ0) is 10.3. The van der Waals surface area contributed by atoms with Crippen LogP contribution in [0.25, 0.3) is 0 Å². The minimum atomic E-state index is -0.469. The zero-order valence-corrected chi connectivity index (χ0v) is 8.49. The molecule has 0 aliphatic carbocycles. The lowest BCUT2D eigenvalue weighted by atomic mass is 10.2. The summed E-state index contributed by atoms with van der Waals surface area (Å²) in [5.74, 6) is -0.0810. The van der Waals surface area contributed by atoms with Gasteiger partial charge in [-0.1, -0.05) is 13.3 Å². The quantitative estimate of drug-likeness (QED) is 0.614. The van der Waals surface area contributed by atoms with E-state index in [-0.39, 0.29) is 12.5 Å². The lowest BCUT2D eigenvalue weighted by molar-refractivity contribution is -0.132. The summed E-state index contributed by atoms with van der Waals surface area (Å²) in [5.41, 5.74) is 5.47. The van der Waals surface area contributed by atoms with Gasteiger partial charge < -0.3 is 15.7 Å². The molecule has 0 aromatic heterocycles. The first-order valence-corrected chi connectivity index (χ1v) is 4.78. The highest BCUT2D eigenvalue weighted by molar-refractivity contribution is 5.81. The van der Waals surface area contributed by atoms with Gasteiger partial charge in [-0.3, -0.25) is 4.79 Å². The third kappa shape index (κ3) is 4.85. The van der Waals surface area contributed by atoms with Gasteiger partial charge in [0.05, 0.1) is 12.6 Å². The molecule has 1 amide bonds. The number of aliphatic hydroxyl groups excluding tert-OH is 1. The van der Waals surface area contributed by atoms with Crippen molar-refractivity contribution in [2.75, 3.05) is 19.7 Å². The van der Waals surface area contributed by atoms with Crippen LogP contribution in [0.2, 0.25) is 0 Å². The van der Waals surface area contributed by atoms with Crippen molar-refractivity contribution in [3.63, 3.8) is 0 Å². The van der Waals surface area contributed by atoms with Crippen molar-refractivity contribution in [3.8, 4) is 0 Å². The molecule has 0 fully saturated rings. The van der Waals surface area contributed by atoms with Gasteiger partial charge in [0.2, 0.25) is 5.91 Å². The van der Waals surface area contributed by atoms with Crippen LogP contribution in [-0.2, 0) is 4.79 Å². The molecule has 0 aliphatic rings. The van der Waals surface area contributed by atoms with E-state index < -0.39 is 6.04 Å². The van der Waals surface area contributed by atoms with Crippen molar-refractivity contribution in [2.45, 2.75) is 32.7 Å². The van der Waals surface area contributed by atoms with Gasteiger partial charge in [0.1, 0.15) is 0 Å². The molecule has 78 valence electrons. The maximum Gasteiger partial charge on any atom is 0.239 e. The Bertz CT molecular complexity index is 149. The Hall–Kier alpha value is -0.610. The average Bonchev–Trinajstić information content (AvgIpc) is 2.11. The predicted molar refractivity (Wildman–Crippen MR) is 52.2 cm³/mol. The van der Waals surface area contributed by atoms with Crippen molar-refractivity contribution in [1.82, 2.24) is 4.90 Å². The Kier molecular flexibility index (Phi) is 6.54. The van der Waals surface area contributed by atoms with Crippen LogP contribution in [0, 0.1) is 0 Å². The molecule has 0 aromatic rings. The summed E-state index contributed by atoms with van der Waals surface area (Å²) in [7, 11) is 0. The van der Waals surface area contributed by atoms with Gasteiger partial charge in [0.25, 0.3) is 0 Å². The number of rotatable bonds is 6. The molecule has 1 unspecified atom stereocenters. The van der Waals surface area contributed by atoms with Gasteiger partial charge in [-0.05, 0) is 13.3 Å². The number of aliphatic hydroxyl groups is 1. The monoisotopic (exact) mass is 188 g/mol. The molecule has 3 N–H and O–H groups in total. The summed E-state index contributed by atoms with van der Waals surface area (Å²) < 4.78 is 0. The summed E-state index contributed by atoms with van der Waals surface area (Å²) in [6.45, 7) is 4.81. The third-order valence-corrected chi connectivity index (χ3v) is 1.85. The number of amides is 1. The highest BCUT2D eigenvalue weighted by atomic mass is 16.3. The summed E-state index contributed by atoms with van der Waals surface area (Å²) in [6, 6.07) is -0.469. The first-order valence-electron chi connectivity index (χ1n) is 4.78. The van der Waals surface area contributed by atoms with Gasteiger partial charge in [-0.25, -0.2) is 0 Å². The molecule has 0 saturated carbocycles. The number of carbonyl (C=O) groups excluding carboxylic acids is 1. The van der Waals surface area contributed by atoms with E-state index in [0.717, 1.165) is 12.8 Å². The second kappa shape index (κ2) is 6.86. The zero-order valence-electron chi connectivity index (χ0n) is 8.49. The van der Waals surface area contributed by atoms with E-state index in [1.165, 1.54) is 0 Å². The third-order valence-electron chi connectivity index (χ3n) is 1.85. The molecule has 0 spiro atoms. The van der Waals surface area contributed by atoms with E-state index in [0.29, 0.717) is 13.1 Å². The lowest BCUT2D eigenvalue weighted by Crippen LogP contribution is -2.43. The van der Waals surface area contributed by atoms with E-state index >= 15 is 0 Å². The second-order valence-corrected chi connectivity index (χ2v) is 3.19. The molecule has 0 rings (SSSR count). The number of unbranched alkanes of at least 4 members (excludes halogenated alkanes) is 1. The van der Waals surface area contributed by atoms with Crippen LogP contribution in [0.3, 0.4) is 0 Å². The fourth-order valence-corrected chi connectivity index (χ4v) is 1.09. The van der Waals surface area contributed by atoms with E-state index in [1.54, 1.807) is 11.8 Å². The molecule has 1 atom stereocenters. The lowest BCUT2D eigenvalue weighted by Gasteiger charge is -2.23. The fraction of sp³-hybridized carbons (Fsp3) is 0.889. The molecule has 0 aromatic carbocycles. The molecule has 0 bridgehead atoms. The SMILES string of the molecule is CCCCN(CCO)C(=O)C(C)N. The molecule has 4 nitrogen and oxygen atoms in total. The second-order valence-electron chi connectivity index (χ2n) is 3.19. The Morgan fingerprint density at radius 3 is 2.54 bits per heavy atom. The van der Waals surface area contributed by atoms with Crippen LogP contribution in [0.5, 0.6) is 0 Å². The van der Waals surface area contributed by atoms with Crippen LogP contribution in [0.1, 0.15) is 26.7 Å². The van der Waals surface area contributed by atoms with Crippen molar-refractivity contribution in [2.24, 2.45) is 5.73 Å². The predicted octanol–water partition coefficient (Wildman–Crippen LogP) is -0.0454. The van der Waals surface area contributed by atoms with E-state index in [9.17, 15) is 4.79 Å². The van der Waals surface area contributed by atoms with Gasteiger partial charge in [-0.2, -0.15) is 0 Å². The number of hydrogen-bond acceptors (Lipinski definition) is 3. The first-order chi connectivity index (χ1) is 6.13. The van der Waals surface area contributed by atoms with Gasteiger partial charge in [0.15, 0.2) is 0 Å². The van der Waals surface area contributed by atoms with E-state index in [1.807, 2.05) is 0 Å². The average molecular weight is 188 g/mol. The van der Waals surface area contributed by atoms with Crippen LogP contribution in [0.4, 0.5) is 0 Å². The smallest absolute Gasteiger partial charge is 0.239 e. The standard InChI is InChI=1S/C9H20N2O2/c1-3-4-5-11(6-7-12)9(13)8(2)10/h8,12H,3-7,10H2,1-2H3. The van der Waals surface area contributed by atoms with Crippen LogP contribution >= 0.6 is 0 Å². The summed E-state index contributed by atoms with van der Waals surface area (Å²) in [5, 5.41) is 8.73. The Labute approximate surface area is 79.7 Å². The molecule has 0 radical (unpaired) electrons. The number of nitrogens with zero attached hydrogens (tertiary/aromatic N) is 1. The van der Waals surface area contributed by atoms with Gasteiger partial charge >= 0.3 is 0 Å². The van der Waals surface area contributed by atoms with E-state index in [2.05, 4.69) is 6.92 Å². The summed E-state index contributed by atoms with van der Waals surface area (Å²) in [4.78, 5) is 13.0. The van der Waals surface area contributed by atoms with Gasteiger partial charge in [0, 0.05) is 13.1 Å². The highest BCUT2D eigenvalue weighted by Crippen LogP contribution is 1.97. The maximum absolute atomic E-state index is 11.4. The largest absolute Gasteiger partial charge is 0.395 e. The van der Waals surface area contributed by atoms with Crippen molar-refractivity contribution < 1.29 is 9.90 Å². The molecular formula is C9H20N2O2. The molecule has 13 heavy (non-hydrogen) atoms. The van der Waals surface area contributed by atoms with Crippen molar-refractivity contribution in [3.05, 3.63) is 0 Å². The number of carbonyl (C=O) groups is 1. The number of hydrogen-bond donors (Lipinski definition) is 2. The normalized spacial score (nSPS) is 12.6. The molecule has 0 aliphatic heterocycles. The van der Waals surface area contributed by atoms with Crippen LogP contribution in [-0.4, -0.2) is 41.7 Å². The summed E-state index contributed by atoms with van der Waals surface area (Å²) >= 11 is 0. The Balaban J connectivity index is 3.99. The highest BCUT2D eigenvalue weighted by Gasteiger charge is 2.15. The Morgan fingerprint density at radius 2 is 2.15 bits per heavy atom. The molecular weight excluding hydrogens is 168 g/mol. The summed E-state index contributed by atoms with van der Waals surface area (Å²) in [6.07, 6.45) is 1.99. The Morgan fingerprint density at radius 1 is 1.54 bits per heavy atom. The fourth-order valence-electron chi connectivity index (χ4n) is 1.09. The van der Waals surface area contributed by atoms with Crippen LogP contribution < -0.4 is 5.73 Å². The minimum absolute atomic E-state index is 0.00216.